The Balaban J connectivity index is 2.11. The van der Waals surface area contributed by atoms with Crippen molar-refractivity contribution in [2.24, 2.45) is 5.73 Å². The summed E-state index contributed by atoms with van der Waals surface area (Å²) in [6.07, 6.45) is 2.12. The zero-order valence-electron chi connectivity index (χ0n) is 15.9. The molecule has 0 spiro atoms. The quantitative estimate of drug-likeness (QED) is 0.531. The molecule has 0 atom stereocenters. The van der Waals surface area contributed by atoms with Crippen LogP contribution in [0.1, 0.15) is 12.5 Å². The molecule has 152 valence electrons. The van der Waals surface area contributed by atoms with Crippen molar-refractivity contribution in [3.8, 4) is 22.5 Å². The van der Waals surface area contributed by atoms with Crippen LogP contribution in [0.25, 0.3) is 28.1 Å². The van der Waals surface area contributed by atoms with E-state index in [4.69, 9.17) is 11.5 Å². The number of alkyl halides is 2. The summed E-state index contributed by atoms with van der Waals surface area (Å²) in [6.45, 7) is 6.11. The molecular weight excluding hydrogens is 378 g/mol. The molecule has 0 aliphatic carbocycles. The van der Waals surface area contributed by atoms with Gasteiger partial charge in [-0.1, -0.05) is 6.58 Å². The van der Waals surface area contributed by atoms with Crippen molar-refractivity contribution in [1.82, 2.24) is 24.7 Å². The molecule has 0 saturated heterocycles. The van der Waals surface area contributed by atoms with Gasteiger partial charge in [0.1, 0.15) is 18.1 Å². The number of hydrogen-bond donors (Lipinski definition) is 3. The highest BCUT2D eigenvalue weighted by Crippen LogP contribution is 2.32. The predicted octanol–water partition coefficient (Wildman–Crippen LogP) is 2.65. The molecule has 0 aliphatic heterocycles. The largest absolute Gasteiger partial charge is 0.383 e. The van der Waals surface area contributed by atoms with Gasteiger partial charge in [-0.15, -0.1) is 0 Å². The first-order valence-electron chi connectivity index (χ1n) is 8.93. The number of nitrogen functional groups attached to an aromatic ring is 1. The van der Waals surface area contributed by atoms with Gasteiger partial charge < -0.3 is 16.8 Å². The number of pyridine rings is 1. The Morgan fingerprint density at radius 2 is 2.14 bits per heavy atom. The van der Waals surface area contributed by atoms with E-state index in [1.807, 2.05) is 6.92 Å². The standard InChI is InChI=1S/C19H22F2N8/c1-11(2)13-7-12(8-26-18(13)23)17-14(9-29(28-17)10-16(20)21)15-3-5-24-19(27-15)25-6-4-22/h3,5,7-9,16H,1,4,6,10,22H2,2H3,(H2,23,26)(H,24,25,27). The average molecular weight is 400 g/mol. The highest BCUT2D eigenvalue weighted by Gasteiger charge is 2.18. The first-order valence-corrected chi connectivity index (χ1v) is 8.93. The van der Waals surface area contributed by atoms with Crippen molar-refractivity contribution in [2.45, 2.75) is 19.9 Å². The number of allylic oxidation sites excluding steroid dienone is 1. The molecule has 0 fully saturated rings. The van der Waals surface area contributed by atoms with Crippen LogP contribution < -0.4 is 16.8 Å². The van der Waals surface area contributed by atoms with Gasteiger partial charge in [0, 0.05) is 48.4 Å². The third-order valence-corrected chi connectivity index (χ3v) is 4.10. The lowest BCUT2D eigenvalue weighted by molar-refractivity contribution is 0.122. The molecule has 0 aromatic carbocycles. The molecule has 29 heavy (non-hydrogen) atoms. The topological polar surface area (TPSA) is 121 Å². The van der Waals surface area contributed by atoms with Crippen molar-refractivity contribution in [2.75, 3.05) is 24.1 Å². The minimum atomic E-state index is -2.54. The van der Waals surface area contributed by atoms with Gasteiger partial charge in [-0.05, 0) is 24.6 Å². The molecule has 0 unspecified atom stereocenters. The van der Waals surface area contributed by atoms with Crippen LogP contribution >= 0.6 is 0 Å². The lowest BCUT2D eigenvalue weighted by atomic mass is 10.0. The van der Waals surface area contributed by atoms with Crippen LogP contribution in [0.5, 0.6) is 0 Å². The molecule has 0 saturated carbocycles. The summed E-state index contributed by atoms with van der Waals surface area (Å²) in [4.78, 5) is 12.8. The smallest absolute Gasteiger partial charge is 0.257 e. The van der Waals surface area contributed by atoms with E-state index in [-0.39, 0.29) is 0 Å². The van der Waals surface area contributed by atoms with Crippen LogP contribution in [-0.4, -0.2) is 44.2 Å². The van der Waals surface area contributed by atoms with E-state index in [9.17, 15) is 8.78 Å². The Hall–Kier alpha value is -3.40. The number of hydrogen-bond acceptors (Lipinski definition) is 7. The molecule has 3 aromatic heterocycles. The first-order chi connectivity index (χ1) is 13.9. The monoisotopic (exact) mass is 400 g/mol. The third kappa shape index (κ3) is 4.72. The van der Waals surface area contributed by atoms with Crippen molar-refractivity contribution in [3.63, 3.8) is 0 Å². The molecule has 10 heteroatoms. The number of anilines is 2. The van der Waals surface area contributed by atoms with Gasteiger partial charge in [0.05, 0.1) is 5.69 Å². The Kier molecular flexibility index (Phi) is 6.13. The number of halogens is 2. The van der Waals surface area contributed by atoms with Crippen molar-refractivity contribution in [3.05, 3.63) is 42.9 Å². The van der Waals surface area contributed by atoms with E-state index in [0.29, 0.717) is 52.9 Å². The summed E-state index contributed by atoms with van der Waals surface area (Å²) in [5.74, 6) is 0.726. The summed E-state index contributed by atoms with van der Waals surface area (Å²) >= 11 is 0. The number of aromatic nitrogens is 5. The summed E-state index contributed by atoms with van der Waals surface area (Å²) < 4.78 is 27.1. The van der Waals surface area contributed by atoms with Gasteiger partial charge in [0.15, 0.2) is 0 Å². The van der Waals surface area contributed by atoms with E-state index in [1.54, 1.807) is 24.5 Å². The number of rotatable bonds is 8. The second-order valence-corrected chi connectivity index (χ2v) is 6.42. The second kappa shape index (κ2) is 8.74. The number of nitrogens with one attached hydrogen (secondary N) is 1. The van der Waals surface area contributed by atoms with Gasteiger partial charge in [-0.2, -0.15) is 5.10 Å². The van der Waals surface area contributed by atoms with Crippen LogP contribution in [0.4, 0.5) is 20.5 Å². The molecule has 0 bridgehead atoms. The third-order valence-electron chi connectivity index (χ3n) is 4.10. The normalized spacial score (nSPS) is 11.1. The molecular formula is C19H22F2N8. The van der Waals surface area contributed by atoms with Crippen molar-refractivity contribution >= 4 is 17.3 Å². The summed E-state index contributed by atoms with van der Waals surface area (Å²) in [5.41, 5.74) is 15.0. The predicted molar refractivity (Wildman–Crippen MR) is 109 cm³/mol. The van der Waals surface area contributed by atoms with Gasteiger partial charge in [0.2, 0.25) is 5.95 Å². The lowest BCUT2D eigenvalue weighted by Gasteiger charge is -2.08. The number of nitrogens with zero attached hydrogens (tertiary/aromatic N) is 5. The van der Waals surface area contributed by atoms with Crippen LogP contribution in [0, 0.1) is 0 Å². The Morgan fingerprint density at radius 1 is 1.34 bits per heavy atom. The molecule has 0 amide bonds. The first kappa shape index (κ1) is 20.3. The van der Waals surface area contributed by atoms with Crippen molar-refractivity contribution < 1.29 is 8.78 Å². The highest BCUT2D eigenvalue weighted by molar-refractivity contribution is 5.82. The fraction of sp³-hybridized carbons (Fsp3) is 0.263. The minimum absolute atomic E-state index is 0.338. The van der Waals surface area contributed by atoms with Crippen LogP contribution in [0.2, 0.25) is 0 Å². The maximum Gasteiger partial charge on any atom is 0.257 e. The number of nitrogens with two attached hydrogens (primary N) is 2. The molecule has 0 aliphatic rings. The van der Waals surface area contributed by atoms with Gasteiger partial charge in [-0.25, -0.2) is 23.7 Å². The SMILES string of the molecule is C=C(C)c1cc(-c2nn(CC(F)F)cc2-c2ccnc(NCCN)n2)cnc1N. The zero-order valence-corrected chi connectivity index (χ0v) is 15.9. The fourth-order valence-corrected chi connectivity index (χ4v) is 2.78. The van der Waals surface area contributed by atoms with E-state index in [0.717, 1.165) is 5.57 Å². The van der Waals surface area contributed by atoms with Crippen LogP contribution in [0.15, 0.2) is 37.3 Å². The molecule has 8 nitrogen and oxygen atoms in total. The maximum absolute atomic E-state index is 12.9. The fourth-order valence-electron chi connectivity index (χ4n) is 2.78. The van der Waals surface area contributed by atoms with Crippen LogP contribution in [-0.2, 0) is 6.54 Å². The van der Waals surface area contributed by atoms with E-state index < -0.39 is 13.0 Å². The van der Waals surface area contributed by atoms with Gasteiger partial charge >= 0.3 is 0 Å². The van der Waals surface area contributed by atoms with Gasteiger partial charge in [0.25, 0.3) is 6.43 Å². The maximum atomic E-state index is 12.9. The Morgan fingerprint density at radius 3 is 2.83 bits per heavy atom. The zero-order chi connectivity index (χ0) is 21.0. The summed E-state index contributed by atoms with van der Waals surface area (Å²) in [5, 5.41) is 7.34. The second-order valence-electron chi connectivity index (χ2n) is 6.42. The Labute approximate surface area is 166 Å². The Bertz CT molecular complexity index is 1020. The lowest BCUT2D eigenvalue weighted by Crippen LogP contribution is -2.14. The summed E-state index contributed by atoms with van der Waals surface area (Å²) in [6, 6.07) is 3.48. The van der Waals surface area contributed by atoms with Gasteiger partial charge in [-0.3, -0.25) is 4.68 Å². The van der Waals surface area contributed by atoms with Crippen molar-refractivity contribution in [1.29, 1.82) is 0 Å². The molecule has 3 heterocycles. The average Bonchev–Trinajstić information content (AvgIpc) is 3.09. The minimum Gasteiger partial charge on any atom is -0.383 e. The molecule has 5 N–H and O–H groups in total. The molecule has 3 rings (SSSR count). The van der Waals surface area contributed by atoms with E-state index in [2.05, 4.69) is 31.9 Å². The highest BCUT2D eigenvalue weighted by atomic mass is 19.3. The summed E-state index contributed by atoms with van der Waals surface area (Å²) in [7, 11) is 0. The van der Waals surface area contributed by atoms with Crippen LogP contribution in [0.3, 0.4) is 0 Å². The van der Waals surface area contributed by atoms with E-state index in [1.165, 1.54) is 10.9 Å². The molecule has 0 radical (unpaired) electrons. The molecule has 3 aromatic rings. The van der Waals surface area contributed by atoms with E-state index >= 15 is 0 Å².